The Bertz CT molecular complexity index is 745. The second-order valence-electron chi connectivity index (χ2n) is 9.89. The molecule has 0 aliphatic heterocycles. The maximum absolute atomic E-state index is 11.9. The van der Waals surface area contributed by atoms with E-state index < -0.39 is 5.97 Å². The third-order valence-electron chi connectivity index (χ3n) is 8.81. The predicted molar refractivity (Wildman–Crippen MR) is 106 cm³/mol. The summed E-state index contributed by atoms with van der Waals surface area (Å²) in [6, 6.07) is 0. The van der Waals surface area contributed by atoms with Crippen molar-refractivity contribution >= 4 is 11.8 Å². The number of allylic oxidation sites excluding steroid dienone is 5. The molecule has 146 valence electrons. The van der Waals surface area contributed by atoms with E-state index in [1.165, 1.54) is 43.8 Å². The summed E-state index contributed by atoms with van der Waals surface area (Å²) < 4.78 is 0. The Labute approximate surface area is 162 Å². The summed E-state index contributed by atoms with van der Waals surface area (Å²) >= 11 is 0. The van der Waals surface area contributed by atoms with E-state index >= 15 is 0 Å². The van der Waals surface area contributed by atoms with Gasteiger partial charge >= 0.3 is 5.97 Å². The van der Waals surface area contributed by atoms with Crippen LogP contribution in [0.4, 0.5) is 0 Å². The van der Waals surface area contributed by atoms with Gasteiger partial charge in [0.15, 0.2) is 5.78 Å². The number of hydrogen-bond acceptors (Lipinski definition) is 2. The summed E-state index contributed by atoms with van der Waals surface area (Å²) in [5.74, 6) is 2.30. The van der Waals surface area contributed by atoms with Gasteiger partial charge in [-0.15, -0.1) is 0 Å². The van der Waals surface area contributed by atoms with Crippen LogP contribution in [-0.4, -0.2) is 16.9 Å². The number of hydrogen-bond donors (Lipinski definition) is 1. The maximum Gasteiger partial charge on any atom is 0.327 e. The molecule has 4 aliphatic rings. The zero-order valence-electron chi connectivity index (χ0n) is 16.8. The Kier molecular flexibility index (Phi) is 4.48. The Morgan fingerprint density at radius 3 is 2.74 bits per heavy atom. The van der Waals surface area contributed by atoms with Crippen molar-refractivity contribution in [2.45, 2.75) is 59.3 Å². The fourth-order valence-corrected chi connectivity index (χ4v) is 7.47. The van der Waals surface area contributed by atoms with Crippen molar-refractivity contribution in [2.24, 2.45) is 40.4 Å². The lowest BCUT2D eigenvalue weighted by Gasteiger charge is -2.57. The molecule has 0 radical (unpaired) electrons. The van der Waals surface area contributed by atoms with Gasteiger partial charge < -0.3 is 5.11 Å². The lowest BCUT2D eigenvalue weighted by Crippen LogP contribution is -2.50. The fourth-order valence-electron chi connectivity index (χ4n) is 7.47. The molecule has 3 saturated carbocycles. The molecule has 4 rings (SSSR count). The Morgan fingerprint density at radius 2 is 2.00 bits per heavy atom. The molecular weight excluding hydrogens is 336 g/mol. The van der Waals surface area contributed by atoms with Crippen LogP contribution in [0.2, 0.25) is 0 Å². The molecule has 0 aromatic heterocycles. The molecule has 0 unspecified atom stereocenters. The number of carboxylic acids is 1. The van der Waals surface area contributed by atoms with E-state index in [1.807, 2.05) is 12.2 Å². The highest BCUT2D eigenvalue weighted by Gasteiger charge is 2.58. The van der Waals surface area contributed by atoms with Gasteiger partial charge in [-0.2, -0.15) is 0 Å². The van der Waals surface area contributed by atoms with Crippen LogP contribution < -0.4 is 0 Å². The highest BCUT2D eigenvalue weighted by Crippen LogP contribution is 2.66. The molecule has 3 nitrogen and oxygen atoms in total. The number of carboxylic acid groups (broad SMARTS) is 1. The number of fused-ring (bicyclic) bond motifs is 5. The molecule has 0 spiro atoms. The number of ketones is 1. The summed E-state index contributed by atoms with van der Waals surface area (Å²) in [6.07, 6.45) is 16.3. The first-order chi connectivity index (χ1) is 12.8. The molecule has 0 aromatic rings. The van der Waals surface area contributed by atoms with E-state index in [0.717, 1.165) is 18.3 Å². The smallest absolute Gasteiger partial charge is 0.327 e. The van der Waals surface area contributed by atoms with E-state index in [0.29, 0.717) is 23.2 Å². The normalized spacial score (nSPS) is 44.4. The SMILES string of the molecule is C[C@H](C=CC(=O)O)[C@H]1CC[C@H]2[C@@H]3CCC4=CC(=O)C=C[C@]4(C)[C@H]3CC[C@]12C. The van der Waals surface area contributed by atoms with Gasteiger partial charge in [-0.1, -0.05) is 38.5 Å². The van der Waals surface area contributed by atoms with Gasteiger partial charge in [-0.05, 0) is 85.7 Å². The monoisotopic (exact) mass is 368 g/mol. The van der Waals surface area contributed by atoms with Gasteiger partial charge in [0.25, 0.3) is 0 Å². The van der Waals surface area contributed by atoms with Crippen molar-refractivity contribution in [3.05, 3.63) is 36.0 Å². The van der Waals surface area contributed by atoms with Crippen molar-refractivity contribution in [1.82, 2.24) is 0 Å². The molecule has 3 heteroatoms. The van der Waals surface area contributed by atoms with Crippen molar-refractivity contribution < 1.29 is 14.7 Å². The first-order valence-electron chi connectivity index (χ1n) is 10.6. The fraction of sp³-hybridized carbons (Fsp3) is 0.667. The van der Waals surface area contributed by atoms with E-state index in [1.54, 1.807) is 6.08 Å². The molecule has 0 heterocycles. The van der Waals surface area contributed by atoms with Gasteiger partial charge in [0.1, 0.15) is 0 Å². The minimum Gasteiger partial charge on any atom is -0.478 e. The quantitative estimate of drug-likeness (QED) is 0.698. The molecule has 0 bridgehead atoms. The van der Waals surface area contributed by atoms with Crippen molar-refractivity contribution in [3.8, 4) is 0 Å². The van der Waals surface area contributed by atoms with Crippen LogP contribution in [0.5, 0.6) is 0 Å². The largest absolute Gasteiger partial charge is 0.478 e. The highest BCUT2D eigenvalue weighted by molar-refractivity contribution is 6.01. The van der Waals surface area contributed by atoms with Gasteiger partial charge in [-0.25, -0.2) is 4.79 Å². The minimum absolute atomic E-state index is 0.0606. The summed E-state index contributed by atoms with van der Waals surface area (Å²) in [5.41, 5.74) is 1.73. The van der Waals surface area contributed by atoms with Crippen molar-refractivity contribution in [3.63, 3.8) is 0 Å². The second kappa shape index (κ2) is 6.46. The molecular formula is C24H32O3. The van der Waals surface area contributed by atoms with Crippen molar-refractivity contribution in [1.29, 1.82) is 0 Å². The van der Waals surface area contributed by atoms with Crippen LogP contribution in [0.15, 0.2) is 36.0 Å². The lowest BCUT2D eigenvalue weighted by molar-refractivity contribution is -0.131. The molecule has 0 amide bonds. The maximum atomic E-state index is 11.9. The summed E-state index contributed by atoms with van der Waals surface area (Å²) in [5, 5.41) is 8.99. The molecule has 4 aliphatic carbocycles. The predicted octanol–water partition coefficient (Wildman–Crippen LogP) is 5.19. The molecule has 1 N–H and O–H groups in total. The minimum atomic E-state index is -0.844. The Balaban J connectivity index is 1.59. The standard InChI is InChI=1S/C24H32O3/c1-15(4-9-22(26)27)19-7-8-20-18-6-5-16-14-17(25)10-12-23(16,2)21(18)11-13-24(19,20)3/h4,9-10,12,14-15,18-21H,5-8,11,13H2,1-3H3,(H,26,27)/t15-,18+,19-,20+,21+,23+,24-/m1/s1. The number of carbonyl (C=O) groups is 2. The van der Waals surface area contributed by atoms with E-state index in [2.05, 4.69) is 26.8 Å². The van der Waals surface area contributed by atoms with Crippen molar-refractivity contribution in [2.75, 3.05) is 0 Å². The van der Waals surface area contributed by atoms with E-state index in [9.17, 15) is 9.59 Å². The topological polar surface area (TPSA) is 54.4 Å². The Morgan fingerprint density at radius 1 is 1.22 bits per heavy atom. The van der Waals surface area contributed by atoms with Gasteiger partial charge in [-0.3, -0.25) is 4.79 Å². The average Bonchev–Trinajstić information content (AvgIpc) is 2.97. The first-order valence-corrected chi connectivity index (χ1v) is 10.6. The van der Waals surface area contributed by atoms with Gasteiger partial charge in [0.05, 0.1) is 0 Å². The number of aliphatic carboxylic acids is 1. The van der Waals surface area contributed by atoms with Crippen LogP contribution in [-0.2, 0) is 9.59 Å². The van der Waals surface area contributed by atoms with Crippen LogP contribution in [0.25, 0.3) is 0 Å². The van der Waals surface area contributed by atoms with E-state index in [4.69, 9.17) is 5.11 Å². The first kappa shape index (κ1) is 18.7. The van der Waals surface area contributed by atoms with Crippen LogP contribution >= 0.6 is 0 Å². The zero-order valence-corrected chi connectivity index (χ0v) is 16.8. The number of carbonyl (C=O) groups excluding carboxylic acids is 1. The third-order valence-corrected chi connectivity index (χ3v) is 8.81. The average molecular weight is 369 g/mol. The highest BCUT2D eigenvalue weighted by atomic mass is 16.4. The van der Waals surface area contributed by atoms with Crippen LogP contribution in [0.1, 0.15) is 59.3 Å². The molecule has 27 heavy (non-hydrogen) atoms. The lowest BCUT2D eigenvalue weighted by atomic mass is 9.47. The third kappa shape index (κ3) is 2.85. The summed E-state index contributed by atoms with van der Waals surface area (Å²) in [6.45, 7) is 7.03. The number of rotatable bonds is 3. The Hall–Kier alpha value is -1.64. The second-order valence-corrected chi connectivity index (χ2v) is 9.89. The van der Waals surface area contributed by atoms with Gasteiger partial charge in [0, 0.05) is 11.5 Å². The summed E-state index contributed by atoms with van der Waals surface area (Å²) in [7, 11) is 0. The van der Waals surface area contributed by atoms with Crippen LogP contribution in [0, 0.1) is 40.4 Å². The molecule has 0 aromatic carbocycles. The van der Waals surface area contributed by atoms with E-state index in [-0.39, 0.29) is 11.2 Å². The zero-order chi connectivity index (χ0) is 19.4. The molecule has 7 atom stereocenters. The molecule has 0 saturated heterocycles. The van der Waals surface area contributed by atoms with Gasteiger partial charge in [0.2, 0.25) is 0 Å². The van der Waals surface area contributed by atoms with Crippen LogP contribution in [0.3, 0.4) is 0 Å². The summed E-state index contributed by atoms with van der Waals surface area (Å²) in [4.78, 5) is 22.8. The molecule has 3 fully saturated rings.